The minimum absolute atomic E-state index is 0.105. The van der Waals surface area contributed by atoms with Gasteiger partial charge in [0, 0.05) is 25.2 Å². The summed E-state index contributed by atoms with van der Waals surface area (Å²) in [5.74, 6) is -0.208. The lowest BCUT2D eigenvalue weighted by Gasteiger charge is -2.19. The van der Waals surface area contributed by atoms with Crippen molar-refractivity contribution in [2.24, 2.45) is 0 Å². The van der Waals surface area contributed by atoms with Crippen molar-refractivity contribution in [1.82, 2.24) is 4.31 Å². The number of nitrogens with zero attached hydrogens (tertiary/aromatic N) is 1. The smallest absolute Gasteiger partial charge is 0.225 e. The number of nitrogens with one attached hydrogen (secondary N) is 1. The third-order valence-electron chi connectivity index (χ3n) is 3.59. The topological polar surface area (TPSA) is 66.5 Å². The summed E-state index contributed by atoms with van der Waals surface area (Å²) >= 11 is 0. The molecule has 5 nitrogen and oxygen atoms in total. The standard InChI is InChI=1S/C18H22N2O3S/c1-15-8-10-17(11-9-15)19-18(21)12-13-20(24(2,22)23)14-16-6-4-3-5-7-16/h3-11H,12-14H2,1-2H3,(H,19,21). The van der Waals surface area contributed by atoms with E-state index in [0.29, 0.717) is 5.69 Å². The third kappa shape index (κ3) is 5.79. The molecule has 0 aliphatic heterocycles. The fourth-order valence-corrected chi connectivity index (χ4v) is 3.04. The van der Waals surface area contributed by atoms with Gasteiger partial charge >= 0.3 is 0 Å². The summed E-state index contributed by atoms with van der Waals surface area (Å²) in [6.45, 7) is 2.38. The Hall–Kier alpha value is -2.18. The Bertz CT molecular complexity index is 772. The first kappa shape index (κ1) is 18.2. The molecule has 0 aliphatic carbocycles. The fourth-order valence-electron chi connectivity index (χ4n) is 2.24. The van der Waals surface area contributed by atoms with Gasteiger partial charge in [-0.3, -0.25) is 4.79 Å². The monoisotopic (exact) mass is 346 g/mol. The van der Waals surface area contributed by atoms with Gasteiger partial charge in [0.1, 0.15) is 0 Å². The zero-order valence-electron chi connectivity index (χ0n) is 13.9. The van der Waals surface area contributed by atoms with Gasteiger partial charge in [-0.2, -0.15) is 4.31 Å². The largest absolute Gasteiger partial charge is 0.326 e. The average Bonchev–Trinajstić information content (AvgIpc) is 2.53. The van der Waals surface area contributed by atoms with E-state index in [2.05, 4.69) is 5.32 Å². The highest BCUT2D eigenvalue weighted by Gasteiger charge is 2.18. The third-order valence-corrected chi connectivity index (χ3v) is 4.84. The van der Waals surface area contributed by atoms with Crippen molar-refractivity contribution in [3.05, 3.63) is 65.7 Å². The number of hydrogen-bond acceptors (Lipinski definition) is 3. The molecule has 128 valence electrons. The average molecular weight is 346 g/mol. The van der Waals surface area contributed by atoms with Crippen LogP contribution in [0, 0.1) is 6.92 Å². The molecule has 0 aromatic heterocycles. The fraction of sp³-hybridized carbons (Fsp3) is 0.278. The quantitative estimate of drug-likeness (QED) is 0.838. The maximum Gasteiger partial charge on any atom is 0.225 e. The second-order valence-electron chi connectivity index (χ2n) is 5.75. The predicted molar refractivity (Wildman–Crippen MR) is 96.1 cm³/mol. The highest BCUT2D eigenvalue weighted by molar-refractivity contribution is 7.88. The first-order valence-electron chi connectivity index (χ1n) is 7.70. The minimum Gasteiger partial charge on any atom is -0.326 e. The van der Waals surface area contributed by atoms with Crippen LogP contribution in [0.15, 0.2) is 54.6 Å². The number of carbonyl (C=O) groups is 1. The second kappa shape index (κ2) is 8.08. The van der Waals surface area contributed by atoms with Crippen LogP contribution in [-0.4, -0.2) is 31.4 Å². The zero-order valence-corrected chi connectivity index (χ0v) is 14.7. The summed E-state index contributed by atoms with van der Waals surface area (Å²) in [6, 6.07) is 16.8. The van der Waals surface area contributed by atoms with Gasteiger partial charge in [-0.15, -0.1) is 0 Å². The zero-order chi connectivity index (χ0) is 17.6. The van der Waals surface area contributed by atoms with E-state index in [4.69, 9.17) is 0 Å². The van der Waals surface area contributed by atoms with Crippen molar-refractivity contribution in [1.29, 1.82) is 0 Å². The summed E-state index contributed by atoms with van der Waals surface area (Å²) < 4.78 is 25.2. The summed E-state index contributed by atoms with van der Waals surface area (Å²) in [4.78, 5) is 12.0. The van der Waals surface area contributed by atoms with Crippen LogP contribution >= 0.6 is 0 Å². The van der Waals surface area contributed by atoms with Crippen molar-refractivity contribution in [2.45, 2.75) is 19.9 Å². The molecule has 1 amide bonds. The Kier molecular flexibility index (Phi) is 6.11. The molecule has 0 fully saturated rings. The maximum absolute atomic E-state index is 12.0. The molecule has 0 spiro atoms. The van der Waals surface area contributed by atoms with Crippen molar-refractivity contribution in [3.8, 4) is 0 Å². The molecule has 0 saturated carbocycles. The molecule has 1 N–H and O–H groups in total. The molecule has 0 bridgehead atoms. The lowest BCUT2D eigenvalue weighted by molar-refractivity contribution is -0.116. The molecular weight excluding hydrogens is 324 g/mol. The summed E-state index contributed by atoms with van der Waals surface area (Å²) in [5.41, 5.74) is 2.71. The molecule has 6 heteroatoms. The molecule has 2 aromatic rings. The minimum atomic E-state index is -3.38. The van der Waals surface area contributed by atoms with Crippen molar-refractivity contribution >= 4 is 21.6 Å². The van der Waals surface area contributed by atoms with Gasteiger partial charge in [0.05, 0.1) is 6.26 Å². The van der Waals surface area contributed by atoms with E-state index in [0.717, 1.165) is 17.4 Å². The Morgan fingerprint density at radius 3 is 2.25 bits per heavy atom. The molecule has 0 atom stereocenters. The van der Waals surface area contributed by atoms with Crippen LogP contribution < -0.4 is 5.32 Å². The Balaban J connectivity index is 1.95. The summed E-state index contributed by atoms with van der Waals surface area (Å²) in [6.07, 6.45) is 1.27. The van der Waals surface area contributed by atoms with E-state index in [1.807, 2.05) is 61.5 Å². The van der Waals surface area contributed by atoms with Crippen LogP contribution in [0.2, 0.25) is 0 Å². The second-order valence-corrected chi connectivity index (χ2v) is 7.73. The normalized spacial score (nSPS) is 11.5. The first-order chi connectivity index (χ1) is 11.3. The molecule has 0 heterocycles. The van der Waals surface area contributed by atoms with Gasteiger partial charge < -0.3 is 5.32 Å². The molecule has 0 radical (unpaired) electrons. The van der Waals surface area contributed by atoms with Crippen LogP contribution in [0.1, 0.15) is 17.5 Å². The van der Waals surface area contributed by atoms with E-state index >= 15 is 0 Å². The van der Waals surface area contributed by atoms with Crippen LogP contribution in [0.5, 0.6) is 0 Å². The number of sulfonamides is 1. The molecule has 2 rings (SSSR count). The van der Waals surface area contributed by atoms with E-state index in [9.17, 15) is 13.2 Å². The molecule has 0 saturated heterocycles. The van der Waals surface area contributed by atoms with E-state index in [-0.39, 0.29) is 25.4 Å². The molecule has 0 unspecified atom stereocenters. The maximum atomic E-state index is 12.0. The lowest BCUT2D eigenvalue weighted by atomic mass is 10.2. The molecular formula is C18H22N2O3S. The number of rotatable bonds is 7. The highest BCUT2D eigenvalue weighted by Crippen LogP contribution is 2.11. The van der Waals surface area contributed by atoms with E-state index < -0.39 is 10.0 Å². The van der Waals surface area contributed by atoms with Crippen molar-refractivity contribution in [2.75, 3.05) is 18.1 Å². The molecule has 24 heavy (non-hydrogen) atoms. The van der Waals surface area contributed by atoms with Gasteiger partial charge in [0.2, 0.25) is 15.9 Å². The van der Waals surface area contributed by atoms with Crippen LogP contribution in [0.25, 0.3) is 0 Å². The van der Waals surface area contributed by atoms with E-state index in [1.165, 1.54) is 4.31 Å². The number of amides is 1. The van der Waals surface area contributed by atoms with Crippen molar-refractivity contribution < 1.29 is 13.2 Å². The lowest BCUT2D eigenvalue weighted by Crippen LogP contribution is -2.32. The van der Waals surface area contributed by atoms with Crippen LogP contribution in [0.4, 0.5) is 5.69 Å². The van der Waals surface area contributed by atoms with Gasteiger partial charge in [-0.1, -0.05) is 48.0 Å². The Morgan fingerprint density at radius 2 is 1.67 bits per heavy atom. The highest BCUT2D eigenvalue weighted by atomic mass is 32.2. The van der Waals surface area contributed by atoms with Gasteiger partial charge in [0.25, 0.3) is 0 Å². The predicted octanol–water partition coefficient (Wildman–Crippen LogP) is 2.79. The van der Waals surface area contributed by atoms with Crippen molar-refractivity contribution in [3.63, 3.8) is 0 Å². The van der Waals surface area contributed by atoms with Gasteiger partial charge in [0.15, 0.2) is 0 Å². The summed E-state index contributed by atoms with van der Waals surface area (Å²) in [5, 5.41) is 2.78. The Morgan fingerprint density at radius 1 is 1.04 bits per heavy atom. The first-order valence-corrected chi connectivity index (χ1v) is 9.55. The SMILES string of the molecule is Cc1ccc(NC(=O)CCN(Cc2ccccc2)S(C)(=O)=O)cc1. The Labute approximate surface area is 143 Å². The number of carbonyl (C=O) groups excluding carboxylic acids is 1. The van der Waals surface area contributed by atoms with E-state index in [1.54, 1.807) is 0 Å². The number of aryl methyl sites for hydroxylation is 1. The summed E-state index contributed by atoms with van der Waals surface area (Å²) in [7, 11) is -3.38. The van der Waals surface area contributed by atoms with Gasteiger partial charge in [-0.25, -0.2) is 8.42 Å². The van der Waals surface area contributed by atoms with Crippen LogP contribution in [-0.2, 0) is 21.4 Å². The molecule has 2 aromatic carbocycles. The number of benzene rings is 2. The number of anilines is 1. The van der Waals surface area contributed by atoms with Gasteiger partial charge in [-0.05, 0) is 24.6 Å². The molecule has 0 aliphatic rings. The number of hydrogen-bond donors (Lipinski definition) is 1. The van der Waals surface area contributed by atoms with Crippen LogP contribution in [0.3, 0.4) is 0 Å².